The quantitative estimate of drug-likeness (QED) is 0.628. The highest BCUT2D eigenvalue weighted by Crippen LogP contribution is 2.18. The van der Waals surface area contributed by atoms with E-state index in [-0.39, 0.29) is 25.7 Å². The third kappa shape index (κ3) is 3.72. The summed E-state index contributed by atoms with van der Waals surface area (Å²) in [6.07, 6.45) is -0.693. The number of carbonyl (C=O) groups excluding carboxylic acids is 2. The summed E-state index contributed by atoms with van der Waals surface area (Å²) in [6, 6.07) is 18.7. The van der Waals surface area contributed by atoms with Crippen molar-refractivity contribution < 1.29 is 19.1 Å². The van der Waals surface area contributed by atoms with Gasteiger partial charge in [-0.05, 0) is 11.1 Å². The van der Waals surface area contributed by atoms with Crippen LogP contribution in [0, 0.1) is 0 Å². The van der Waals surface area contributed by atoms with Crippen LogP contribution in [0.5, 0.6) is 0 Å². The molecule has 0 aliphatic carbocycles. The lowest BCUT2D eigenvalue weighted by Gasteiger charge is -2.40. The Morgan fingerprint density at radius 1 is 1.00 bits per heavy atom. The first kappa shape index (κ1) is 16.0. The molecule has 0 bridgehead atoms. The van der Waals surface area contributed by atoms with Gasteiger partial charge in [-0.2, -0.15) is 0 Å². The van der Waals surface area contributed by atoms with Gasteiger partial charge in [-0.1, -0.05) is 60.7 Å². The lowest BCUT2D eigenvalue weighted by Crippen LogP contribution is -2.74. The van der Waals surface area contributed by atoms with Crippen molar-refractivity contribution in [3.8, 4) is 0 Å². The average Bonchev–Trinajstić information content (AvgIpc) is 2.64. The van der Waals surface area contributed by atoms with Crippen molar-refractivity contribution in [3.63, 3.8) is 0 Å². The average molecular weight is 326 g/mol. The van der Waals surface area contributed by atoms with E-state index in [4.69, 9.17) is 9.47 Å². The maximum atomic E-state index is 12.0. The monoisotopic (exact) mass is 326 g/mol. The number of ether oxygens (including phenoxy) is 2. The van der Waals surface area contributed by atoms with Crippen LogP contribution in [-0.2, 0) is 27.5 Å². The van der Waals surface area contributed by atoms with Gasteiger partial charge < -0.3 is 14.8 Å². The summed E-state index contributed by atoms with van der Waals surface area (Å²) in [5.74, 6) is -0.380. The first-order valence-electron chi connectivity index (χ1n) is 7.63. The van der Waals surface area contributed by atoms with Crippen molar-refractivity contribution in [3.05, 3.63) is 71.8 Å². The molecule has 2 aromatic rings. The van der Waals surface area contributed by atoms with E-state index in [0.29, 0.717) is 0 Å². The molecule has 0 radical (unpaired) electrons. The number of amides is 2. The normalized spacial score (nSPS) is 19.1. The van der Waals surface area contributed by atoms with E-state index in [0.717, 1.165) is 11.1 Å². The van der Waals surface area contributed by atoms with E-state index < -0.39 is 11.8 Å². The zero-order valence-electron chi connectivity index (χ0n) is 13.0. The summed E-state index contributed by atoms with van der Waals surface area (Å²) < 4.78 is 10.8. The van der Waals surface area contributed by atoms with Gasteiger partial charge in [0.2, 0.25) is 5.72 Å². The molecule has 124 valence electrons. The fourth-order valence-corrected chi connectivity index (χ4v) is 2.28. The Morgan fingerprint density at radius 2 is 1.58 bits per heavy atom. The third-order valence-electron chi connectivity index (χ3n) is 3.71. The molecule has 1 aliphatic rings. The summed E-state index contributed by atoms with van der Waals surface area (Å²) >= 11 is 0. The number of hydrogen-bond acceptors (Lipinski definition) is 4. The molecule has 1 aliphatic heterocycles. The number of rotatable bonds is 6. The number of alkyl carbamates (subject to hydrolysis) is 1. The molecular formula is C18H18N2O4. The van der Waals surface area contributed by atoms with Crippen LogP contribution in [0.3, 0.4) is 0 Å². The molecule has 1 fully saturated rings. The predicted octanol–water partition coefficient (Wildman–Crippen LogP) is 1.96. The van der Waals surface area contributed by atoms with Crippen molar-refractivity contribution in [2.45, 2.75) is 18.9 Å². The van der Waals surface area contributed by atoms with Crippen LogP contribution in [-0.4, -0.2) is 24.3 Å². The van der Waals surface area contributed by atoms with Crippen LogP contribution in [0.4, 0.5) is 4.79 Å². The zero-order chi connectivity index (χ0) is 16.8. The fraction of sp³-hybridized carbons (Fsp3) is 0.222. The van der Waals surface area contributed by atoms with Gasteiger partial charge in [0.1, 0.15) is 6.61 Å². The lowest BCUT2D eigenvalue weighted by molar-refractivity contribution is -0.169. The van der Waals surface area contributed by atoms with Gasteiger partial charge in [-0.25, -0.2) is 4.79 Å². The standard InChI is InChI=1S/C18H18N2O4/c21-16-18(13-19-16,24-12-15-9-5-2-6-10-15)20-17(22)23-11-14-7-3-1-4-8-14/h1-10H,11-13H2,(H,19,21)(H,20,22)/t18-/m1/s1. The van der Waals surface area contributed by atoms with E-state index >= 15 is 0 Å². The predicted molar refractivity (Wildman–Crippen MR) is 86.7 cm³/mol. The molecule has 6 nitrogen and oxygen atoms in total. The highest BCUT2D eigenvalue weighted by Gasteiger charge is 2.49. The first-order valence-corrected chi connectivity index (χ1v) is 7.63. The van der Waals surface area contributed by atoms with Gasteiger partial charge in [-0.3, -0.25) is 10.1 Å². The van der Waals surface area contributed by atoms with Gasteiger partial charge in [0.15, 0.2) is 0 Å². The van der Waals surface area contributed by atoms with E-state index in [9.17, 15) is 9.59 Å². The molecule has 1 heterocycles. The molecule has 1 atom stereocenters. The largest absolute Gasteiger partial charge is 0.445 e. The van der Waals surface area contributed by atoms with E-state index in [2.05, 4.69) is 10.6 Å². The van der Waals surface area contributed by atoms with Crippen molar-refractivity contribution in [2.75, 3.05) is 6.54 Å². The second kappa shape index (κ2) is 7.14. The van der Waals surface area contributed by atoms with Crippen LogP contribution >= 0.6 is 0 Å². The molecule has 6 heteroatoms. The maximum Gasteiger partial charge on any atom is 0.410 e. The number of nitrogens with one attached hydrogen (secondary N) is 2. The molecule has 0 unspecified atom stereocenters. The molecule has 0 saturated carbocycles. The highest BCUT2D eigenvalue weighted by atomic mass is 16.6. The Hall–Kier alpha value is -2.86. The summed E-state index contributed by atoms with van der Waals surface area (Å²) in [6.45, 7) is 0.551. The minimum absolute atomic E-state index is 0.128. The minimum Gasteiger partial charge on any atom is -0.445 e. The molecule has 0 spiro atoms. The Morgan fingerprint density at radius 3 is 2.08 bits per heavy atom. The van der Waals surface area contributed by atoms with Gasteiger partial charge >= 0.3 is 6.09 Å². The van der Waals surface area contributed by atoms with Crippen molar-refractivity contribution >= 4 is 12.0 Å². The van der Waals surface area contributed by atoms with E-state index in [1.807, 2.05) is 60.7 Å². The summed E-state index contributed by atoms with van der Waals surface area (Å²) in [5.41, 5.74) is 0.407. The second-order valence-electron chi connectivity index (χ2n) is 5.47. The molecule has 2 N–H and O–H groups in total. The van der Waals surface area contributed by atoms with Crippen LogP contribution in [0.15, 0.2) is 60.7 Å². The Balaban J connectivity index is 1.55. The molecular weight excluding hydrogens is 308 g/mol. The van der Waals surface area contributed by atoms with Gasteiger partial charge in [0.25, 0.3) is 5.91 Å². The maximum absolute atomic E-state index is 12.0. The summed E-state index contributed by atoms with van der Waals surface area (Å²) in [4.78, 5) is 23.9. The number of hydrogen-bond donors (Lipinski definition) is 2. The fourth-order valence-electron chi connectivity index (χ4n) is 2.28. The van der Waals surface area contributed by atoms with Crippen LogP contribution in [0.1, 0.15) is 11.1 Å². The zero-order valence-corrected chi connectivity index (χ0v) is 13.0. The molecule has 2 amide bonds. The SMILES string of the molecule is O=C(N[C@@]1(OCc2ccccc2)CNC1=O)OCc1ccccc1. The minimum atomic E-state index is -1.37. The number of carbonyl (C=O) groups is 2. The Labute approximate surface area is 139 Å². The highest BCUT2D eigenvalue weighted by molar-refractivity contribution is 5.94. The van der Waals surface area contributed by atoms with Crippen molar-refractivity contribution in [2.24, 2.45) is 0 Å². The van der Waals surface area contributed by atoms with Crippen molar-refractivity contribution in [1.82, 2.24) is 10.6 Å². The van der Waals surface area contributed by atoms with Gasteiger partial charge in [0, 0.05) is 0 Å². The first-order chi connectivity index (χ1) is 11.7. The smallest absolute Gasteiger partial charge is 0.410 e. The van der Waals surface area contributed by atoms with Gasteiger partial charge in [-0.15, -0.1) is 0 Å². The third-order valence-corrected chi connectivity index (χ3v) is 3.71. The van der Waals surface area contributed by atoms with Gasteiger partial charge in [0.05, 0.1) is 13.2 Å². The van der Waals surface area contributed by atoms with E-state index in [1.54, 1.807) is 0 Å². The topological polar surface area (TPSA) is 76.7 Å². The molecule has 3 rings (SSSR count). The van der Waals surface area contributed by atoms with Crippen LogP contribution in [0.2, 0.25) is 0 Å². The van der Waals surface area contributed by atoms with Crippen LogP contribution < -0.4 is 10.6 Å². The summed E-state index contributed by atoms with van der Waals surface area (Å²) in [7, 11) is 0. The number of β-lactam (4-membered cyclic amide) rings is 1. The van der Waals surface area contributed by atoms with Crippen molar-refractivity contribution in [1.29, 1.82) is 0 Å². The summed E-state index contributed by atoms with van der Waals surface area (Å²) in [5, 5.41) is 5.11. The number of benzene rings is 2. The Kier molecular flexibility index (Phi) is 4.77. The van der Waals surface area contributed by atoms with E-state index in [1.165, 1.54) is 0 Å². The Bertz CT molecular complexity index is 705. The molecule has 24 heavy (non-hydrogen) atoms. The lowest BCUT2D eigenvalue weighted by atomic mass is 10.1. The van der Waals surface area contributed by atoms with Crippen LogP contribution in [0.25, 0.3) is 0 Å². The molecule has 0 aromatic heterocycles. The molecule has 2 aromatic carbocycles. The molecule has 1 saturated heterocycles. The second-order valence-corrected chi connectivity index (χ2v) is 5.47.